The summed E-state index contributed by atoms with van der Waals surface area (Å²) in [5.41, 5.74) is 0.961. The molecule has 0 fully saturated rings. The predicted molar refractivity (Wildman–Crippen MR) is 71.2 cm³/mol. The molecule has 1 aromatic rings. The molecule has 0 saturated heterocycles. The van der Waals surface area contributed by atoms with E-state index in [0.717, 1.165) is 12.0 Å². The molecule has 0 radical (unpaired) electrons. The van der Waals surface area contributed by atoms with Gasteiger partial charge in [-0.1, -0.05) is 23.2 Å². The highest BCUT2D eigenvalue weighted by atomic mass is 35.5. The van der Waals surface area contributed by atoms with Crippen LogP contribution in [0.5, 0.6) is 5.75 Å². The second-order valence-electron chi connectivity index (χ2n) is 3.60. The summed E-state index contributed by atoms with van der Waals surface area (Å²) < 4.78 is 10.6. The van der Waals surface area contributed by atoms with E-state index in [9.17, 15) is 0 Å². The van der Waals surface area contributed by atoms with Gasteiger partial charge in [0.15, 0.2) is 0 Å². The number of nitrogens with one attached hydrogen (secondary N) is 1. The van der Waals surface area contributed by atoms with Crippen LogP contribution in [0.1, 0.15) is 12.0 Å². The van der Waals surface area contributed by atoms with Gasteiger partial charge in [-0.3, -0.25) is 0 Å². The molecule has 0 spiro atoms. The lowest BCUT2D eigenvalue weighted by molar-refractivity contribution is 0.172. The Kier molecular flexibility index (Phi) is 6.66. The topological polar surface area (TPSA) is 30.5 Å². The second kappa shape index (κ2) is 7.77. The van der Waals surface area contributed by atoms with E-state index in [1.165, 1.54) is 0 Å². The van der Waals surface area contributed by atoms with Crippen LogP contribution >= 0.6 is 23.2 Å². The number of methoxy groups -OCH3 is 1. The van der Waals surface area contributed by atoms with Gasteiger partial charge in [-0.15, -0.1) is 0 Å². The first-order valence-electron chi connectivity index (χ1n) is 5.43. The highest BCUT2D eigenvalue weighted by Gasteiger charge is 2.10. The van der Waals surface area contributed by atoms with Gasteiger partial charge in [0, 0.05) is 37.3 Å². The van der Waals surface area contributed by atoms with Crippen molar-refractivity contribution in [1.82, 2.24) is 5.32 Å². The lowest BCUT2D eigenvalue weighted by Gasteiger charge is -2.13. The lowest BCUT2D eigenvalue weighted by Crippen LogP contribution is -2.09. The van der Waals surface area contributed by atoms with Gasteiger partial charge in [-0.25, -0.2) is 0 Å². The molecule has 0 atom stereocenters. The number of halogens is 2. The van der Waals surface area contributed by atoms with Crippen molar-refractivity contribution in [3.8, 4) is 5.75 Å². The van der Waals surface area contributed by atoms with E-state index in [0.29, 0.717) is 35.6 Å². The number of hydrogen-bond donors (Lipinski definition) is 1. The first-order chi connectivity index (χ1) is 8.19. The summed E-state index contributed by atoms with van der Waals surface area (Å²) in [6.07, 6.45) is 0.828. The minimum Gasteiger partial charge on any atom is -0.492 e. The molecule has 1 rings (SSSR count). The molecule has 0 aliphatic heterocycles. The number of rotatable bonds is 7. The van der Waals surface area contributed by atoms with E-state index in [1.54, 1.807) is 13.2 Å². The van der Waals surface area contributed by atoms with Crippen LogP contribution in [0.4, 0.5) is 0 Å². The normalized spacial score (nSPS) is 10.6. The van der Waals surface area contributed by atoms with E-state index in [-0.39, 0.29) is 0 Å². The Morgan fingerprint density at radius 3 is 2.65 bits per heavy atom. The molecule has 0 heterocycles. The second-order valence-corrected chi connectivity index (χ2v) is 4.44. The van der Waals surface area contributed by atoms with Crippen LogP contribution < -0.4 is 10.1 Å². The minimum absolute atomic E-state index is 0.542. The quantitative estimate of drug-likeness (QED) is 0.777. The summed E-state index contributed by atoms with van der Waals surface area (Å²) >= 11 is 12.1. The van der Waals surface area contributed by atoms with Gasteiger partial charge in [0.2, 0.25) is 0 Å². The van der Waals surface area contributed by atoms with Gasteiger partial charge in [0.05, 0.1) is 11.6 Å². The van der Waals surface area contributed by atoms with E-state index >= 15 is 0 Å². The zero-order chi connectivity index (χ0) is 12.7. The fourth-order valence-corrected chi connectivity index (χ4v) is 2.06. The highest BCUT2D eigenvalue weighted by molar-refractivity contribution is 6.35. The molecule has 0 aliphatic rings. The molecule has 5 heteroatoms. The molecule has 0 saturated carbocycles. The molecular formula is C12H17Cl2NO2. The Bertz CT molecular complexity index is 359. The molecular weight excluding hydrogens is 261 g/mol. The molecule has 1 aromatic carbocycles. The van der Waals surface area contributed by atoms with Crippen molar-refractivity contribution < 1.29 is 9.47 Å². The van der Waals surface area contributed by atoms with Crippen LogP contribution in [0.2, 0.25) is 10.0 Å². The molecule has 0 bridgehead atoms. The van der Waals surface area contributed by atoms with Gasteiger partial charge in [-0.05, 0) is 19.2 Å². The van der Waals surface area contributed by atoms with Crippen LogP contribution in [0.3, 0.4) is 0 Å². The van der Waals surface area contributed by atoms with E-state index < -0.39 is 0 Å². The maximum atomic E-state index is 6.11. The molecule has 0 unspecified atom stereocenters. The molecule has 1 N–H and O–H groups in total. The minimum atomic E-state index is 0.542. The number of ether oxygens (including phenoxy) is 2. The number of benzene rings is 1. The van der Waals surface area contributed by atoms with Gasteiger partial charge in [-0.2, -0.15) is 0 Å². The Labute approximate surface area is 112 Å². The SMILES string of the molecule is CNCc1cc(Cl)cc(Cl)c1OCCCOC. The molecule has 17 heavy (non-hydrogen) atoms. The summed E-state index contributed by atoms with van der Waals surface area (Å²) in [7, 11) is 3.53. The van der Waals surface area contributed by atoms with Crippen LogP contribution in [-0.4, -0.2) is 27.4 Å². The molecule has 0 amide bonds. The summed E-state index contributed by atoms with van der Waals surface area (Å²) in [5, 5.41) is 4.22. The fraction of sp³-hybridized carbons (Fsp3) is 0.500. The van der Waals surface area contributed by atoms with Crippen molar-refractivity contribution in [2.45, 2.75) is 13.0 Å². The standard InChI is InChI=1S/C12H17Cl2NO2/c1-15-8-9-6-10(13)7-11(14)12(9)17-5-3-4-16-2/h6-7,15H,3-5,8H2,1-2H3. The number of hydrogen-bond acceptors (Lipinski definition) is 3. The zero-order valence-corrected chi connectivity index (χ0v) is 11.6. The van der Waals surface area contributed by atoms with Crippen LogP contribution in [0.15, 0.2) is 12.1 Å². The van der Waals surface area contributed by atoms with Crippen molar-refractivity contribution in [3.63, 3.8) is 0 Å². The van der Waals surface area contributed by atoms with Crippen molar-refractivity contribution in [3.05, 3.63) is 27.7 Å². The van der Waals surface area contributed by atoms with Crippen molar-refractivity contribution >= 4 is 23.2 Å². The summed E-state index contributed by atoms with van der Waals surface area (Å²) in [6.45, 7) is 1.92. The Balaban J connectivity index is 2.73. The largest absolute Gasteiger partial charge is 0.492 e. The van der Waals surface area contributed by atoms with Crippen LogP contribution in [-0.2, 0) is 11.3 Å². The van der Waals surface area contributed by atoms with E-state index in [4.69, 9.17) is 32.7 Å². The third kappa shape index (κ3) is 4.72. The Morgan fingerprint density at radius 1 is 1.24 bits per heavy atom. The van der Waals surface area contributed by atoms with Crippen molar-refractivity contribution in [2.75, 3.05) is 27.4 Å². The third-order valence-corrected chi connectivity index (χ3v) is 2.69. The lowest BCUT2D eigenvalue weighted by atomic mass is 10.2. The van der Waals surface area contributed by atoms with Crippen molar-refractivity contribution in [1.29, 1.82) is 0 Å². The van der Waals surface area contributed by atoms with E-state index in [1.807, 2.05) is 13.1 Å². The zero-order valence-electron chi connectivity index (χ0n) is 10.1. The maximum Gasteiger partial charge on any atom is 0.142 e. The monoisotopic (exact) mass is 277 g/mol. The van der Waals surface area contributed by atoms with E-state index in [2.05, 4.69) is 5.32 Å². The average molecular weight is 278 g/mol. The molecule has 0 aromatic heterocycles. The average Bonchev–Trinajstić information content (AvgIpc) is 2.27. The summed E-state index contributed by atoms with van der Waals surface area (Å²) in [5.74, 6) is 0.696. The predicted octanol–water partition coefficient (Wildman–Crippen LogP) is 3.13. The van der Waals surface area contributed by atoms with Crippen LogP contribution in [0, 0.1) is 0 Å². The maximum absolute atomic E-state index is 6.11. The smallest absolute Gasteiger partial charge is 0.142 e. The molecule has 96 valence electrons. The van der Waals surface area contributed by atoms with Gasteiger partial charge >= 0.3 is 0 Å². The fourth-order valence-electron chi connectivity index (χ4n) is 1.47. The van der Waals surface area contributed by atoms with Gasteiger partial charge in [0.1, 0.15) is 5.75 Å². The first-order valence-corrected chi connectivity index (χ1v) is 6.19. The van der Waals surface area contributed by atoms with Gasteiger partial charge < -0.3 is 14.8 Å². The molecule has 0 aliphatic carbocycles. The van der Waals surface area contributed by atoms with Crippen molar-refractivity contribution in [2.24, 2.45) is 0 Å². The first kappa shape index (κ1) is 14.6. The Morgan fingerprint density at radius 2 is 2.00 bits per heavy atom. The summed E-state index contributed by atoms with van der Waals surface area (Å²) in [4.78, 5) is 0. The van der Waals surface area contributed by atoms with Gasteiger partial charge in [0.25, 0.3) is 0 Å². The third-order valence-electron chi connectivity index (χ3n) is 2.19. The Hall–Kier alpha value is -0.480. The highest BCUT2D eigenvalue weighted by Crippen LogP contribution is 2.32. The van der Waals surface area contributed by atoms with Crippen LogP contribution in [0.25, 0.3) is 0 Å². The summed E-state index contributed by atoms with van der Waals surface area (Å²) in [6, 6.07) is 3.55. The molecule has 3 nitrogen and oxygen atoms in total.